The van der Waals surface area contributed by atoms with Crippen molar-refractivity contribution >= 4 is 0 Å². The van der Waals surface area contributed by atoms with Gasteiger partial charge in [-0.1, -0.05) is 12.1 Å². The molecule has 1 saturated heterocycles. The topological polar surface area (TPSA) is 21.3 Å². The molecule has 0 saturated carbocycles. The average Bonchev–Trinajstić information content (AvgIpc) is 2.53. The molecular weight excluding hydrogens is 291 g/mol. The zero-order valence-electron chi connectivity index (χ0n) is 11.9. The zero-order chi connectivity index (χ0) is 15.5. The SMILES string of the molecule is Fc1cc(Oc2cccc(F)c2F)ccc1C1CCCNC1. The Morgan fingerprint density at radius 2 is 1.91 bits per heavy atom. The smallest absolute Gasteiger partial charge is 0.201 e. The molecule has 3 rings (SSSR count). The summed E-state index contributed by atoms with van der Waals surface area (Å²) >= 11 is 0. The van der Waals surface area contributed by atoms with Gasteiger partial charge in [-0.05, 0) is 49.1 Å². The van der Waals surface area contributed by atoms with E-state index >= 15 is 0 Å². The van der Waals surface area contributed by atoms with E-state index in [-0.39, 0.29) is 23.2 Å². The Morgan fingerprint density at radius 3 is 2.64 bits per heavy atom. The van der Waals surface area contributed by atoms with Crippen molar-refractivity contribution < 1.29 is 17.9 Å². The Kier molecular flexibility index (Phi) is 4.34. The molecule has 1 aliphatic heterocycles. The molecule has 1 atom stereocenters. The van der Waals surface area contributed by atoms with E-state index in [0.717, 1.165) is 32.0 Å². The summed E-state index contributed by atoms with van der Waals surface area (Å²) in [5.41, 5.74) is 0.624. The van der Waals surface area contributed by atoms with Crippen molar-refractivity contribution in [1.82, 2.24) is 5.32 Å². The monoisotopic (exact) mass is 307 g/mol. The van der Waals surface area contributed by atoms with Crippen LogP contribution in [-0.4, -0.2) is 13.1 Å². The molecule has 0 aliphatic carbocycles. The van der Waals surface area contributed by atoms with Crippen LogP contribution < -0.4 is 10.1 Å². The van der Waals surface area contributed by atoms with E-state index in [9.17, 15) is 13.2 Å². The van der Waals surface area contributed by atoms with E-state index in [1.165, 1.54) is 18.2 Å². The molecule has 2 aromatic carbocycles. The summed E-state index contributed by atoms with van der Waals surface area (Å²) in [4.78, 5) is 0. The summed E-state index contributed by atoms with van der Waals surface area (Å²) in [5, 5.41) is 3.24. The summed E-state index contributed by atoms with van der Waals surface area (Å²) in [6.07, 6.45) is 1.94. The van der Waals surface area contributed by atoms with Crippen molar-refractivity contribution in [2.75, 3.05) is 13.1 Å². The van der Waals surface area contributed by atoms with Crippen LogP contribution in [0.1, 0.15) is 24.3 Å². The second-order valence-corrected chi connectivity index (χ2v) is 5.38. The molecule has 1 fully saturated rings. The number of piperidine rings is 1. The molecule has 5 heteroatoms. The highest BCUT2D eigenvalue weighted by Gasteiger charge is 2.19. The van der Waals surface area contributed by atoms with Crippen LogP contribution in [0.4, 0.5) is 13.2 Å². The first-order valence-electron chi connectivity index (χ1n) is 7.27. The van der Waals surface area contributed by atoms with Crippen LogP contribution in [0.15, 0.2) is 36.4 Å². The fourth-order valence-corrected chi connectivity index (χ4v) is 2.71. The lowest BCUT2D eigenvalue weighted by Gasteiger charge is -2.23. The standard InChI is InChI=1S/C17H16F3NO/c18-14-4-1-5-16(17(14)20)22-12-6-7-13(15(19)9-12)11-3-2-8-21-10-11/h1,4-7,9,11,21H,2-3,8,10H2. The number of halogens is 3. The van der Waals surface area contributed by atoms with Gasteiger partial charge in [0.1, 0.15) is 11.6 Å². The van der Waals surface area contributed by atoms with Gasteiger partial charge in [-0.25, -0.2) is 8.78 Å². The third-order valence-electron chi connectivity index (χ3n) is 3.85. The first-order valence-corrected chi connectivity index (χ1v) is 7.27. The molecule has 1 N–H and O–H groups in total. The lowest BCUT2D eigenvalue weighted by molar-refractivity contribution is 0.411. The fraction of sp³-hybridized carbons (Fsp3) is 0.294. The lowest BCUT2D eigenvalue weighted by atomic mass is 9.91. The molecule has 1 heterocycles. The van der Waals surface area contributed by atoms with Gasteiger partial charge in [-0.3, -0.25) is 0 Å². The van der Waals surface area contributed by atoms with Gasteiger partial charge in [0.2, 0.25) is 5.82 Å². The molecular formula is C17H16F3NO. The van der Waals surface area contributed by atoms with Crippen molar-refractivity contribution in [1.29, 1.82) is 0 Å². The summed E-state index contributed by atoms with van der Waals surface area (Å²) in [7, 11) is 0. The van der Waals surface area contributed by atoms with Crippen LogP contribution in [0.3, 0.4) is 0 Å². The summed E-state index contributed by atoms with van der Waals surface area (Å²) < 4.78 is 46.2. The van der Waals surface area contributed by atoms with E-state index in [1.807, 2.05) is 0 Å². The van der Waals surface area contributed by atoms with Crippen LogP contribution in [-0.2, 0) is 0 Å². The van der Waals surface area contributed by atoms with Crippen LogP contribution in [0.5, 0.6) is 11.5 Å². The molecule has 1 unspecified atom stereocenters. The Labute approximate surface area is 126 Å². The zero-order valence-corrected chi connectivity index (χ0v) is 11.9. The number of hydrogen-bond donors (Lipinski definition) is 1. The van der Waals surface area contributed by atoms with Gasteiger partial charge in [0.25, 0.3) is 0 Å². The van der Waals surface area contributed by atoms with E-state index in [0.29, 0.717) is 5.56 Å². The normalized spacial score (nSPS) is 18.2. The van der Waals surface area contributed by atoms with Crippen LogP contribution in [0.25, 0.3) is 0 Å². The fourth-order valence-electron chi connectivity index (χ4n) is 2.71. The number of benzene rings is 2. The number of ether oxygens (including phenoxy) is 1. The van der Waals surface area contributed by atoms with Crippen LogP contribution in [0.2, 0.25) is 0 Å². The molecule has 0 spiro atoms. The Hall–Kier alpha value is -2.01. The van der Waals surface area contributed by atoms with E-state index in [1.54, 1.807) is 12.1 Å². The van der Waals surface area contributed by atoms with Gasteiger partial charge >= 0.3 is 0 Å². The van der Waals surface area contributed by atoms with Crippen LogP contribution in [0, 0.1) is 17.5 Å². The highest BCUT2D eigenvalue weighted by molar-refractivity contribution is 5.36. The first kappa shape index (κ1) is 14.9. The van der Waals surface area contributed by atoms with E-state index < -0.39 is 11.6 Å². The third kappa shape index (κ3) is 3.09. The minimum absolute atomic E-state index is 0.133. The quantitative estimate of drug-likeness (QED) is 0.909. The molecule has 0 radical (unpaired) electrons. The minimum atomic E-state index is -1.08. The number of rotatable bonds is 3. The maximum absolute atomic E-state index is 14.2. The Bertz CT molecular complexity index is 669. The van der Waals surface area contributed by atoms with Gasteiger partial charge in [-0.15, -0.1) is 0 Å². The third-order valence-corrected chi connectivity index (χ3v) is 3.85. The first-order chi connectivity index (χ1) is 10.6. The van der Waals surface area contributed by atoms with Gasteiger partial charge in [0, 0.05) is 12.6 Å². The molecule has 0 aromatic heterocycles. The molecule has 0 bridgehead atoms. The molecule has 2 nitrogen and oxygen atoms in total. The Balaban J connectivity index is 1.81. The van der Waals surface area contributed by atoms with E-state index in [2.05, 4.69) is 5.32 Å². The van der Waals surface area contributed by atoms with Gasteiger partial charge in [-0.2, -0.15) is 4.39 Å². The average molecular weight is 307 g/mol. The molecule has 0 amide bonds. The second-order valence-electron chi connectivity index (χ2n) is 5.38. The van der Waals surface area contributed by atoms with Crippen molar-refractivity contribution in [2.24, 2.45) is 0 Å². The van der Waals surface area contributed by atoms with Crippen molar-refractivity contribution in [3.63, 3.8) is 0 Å². The molecule has 2 aromatic rings. The number of hydrogen-bond acceptors (Lipinski definition) is 2. The van der Waals surface area contributed by atoms with Gasteiger partial charge in [0.15, 0.2) is 11.6 Å². The van der Waals surface area contributed by atoms with Gasteiger partial charge < -0.3 is 10.1 Å². The van der Waals surface area contributed by atoms with E-state index in [4.69, 9.17) is 4.74 Å². The second kappa shape index (κ2) is 6.40. The summed E-state index contributed by atoms with van der Waals surface area (Å²) in [5.74, 6) is -2.44. The molecule has 22 heavy (non-hydrogen) atoms. The van der Waals surface area contributed by atoms with Gasteiger partial charge in [0.05, 0.1) is 0 Å². The van der Waals surface area contributed by atoms with Crippen molar-refractivity contribution in [3.8, 4) is 11.5 Å². The molecule has 116 valence electrons. The minimum Gasteiger partial charge on any atom is -0.454 e. The van der Waals surface area contributed by atoms with Crippen molar-refractivity contribution in [3.05, 3.63) is 59.4 Å². The largest absolute Gasteiger partial charge is 0.454 e. The highest BCUT2D eigenvalue weighted by atomic mass is 19.2. The number of nitrogens with one attached hydrogen (secondary N) is 1. The predicted octanol–water partition coefficient (Wildman–Crippen LogP) is 4.36. The predicted molar refractivity (Wildman–Crippen MR) is 77.7 cm³/mol. The Morgan fingerprint density at radius 1 is 1.05 bits per heavy atom. The maximum atomic E-state index is 14.2. The van der Waals surface area contributed by atoms with Crippen molar-refractivity contribution in [2.45, 2.75) is 18.8 Å². The highest BCUT2D eigenvalue weighted by Crippen LogP contribution is 2.31. The maximum Gasteiger partial charge on any atom is 0.201 e. The lowest BCUT2D eigenvalue weighted by Crippen LogP contribution is -2.28. The summed E-state index contributed by atoms with van der Waals surface area (Å²) in [6.45, 7) is 1.70. The summed E-state index contributed by atoms with van der Waals surface area (Å²) in [6, 6.07) is 8.09. The van der Waals surface area contributed by atoms with Crippen LogP contribution >= 0.6 is 0 Å². The molecule has 1 aliphatic rings.